The minimum Gasteiger partial charge on any atom is -0.487 e. The summed E-state index contributed by atoms with van der Waals surface area (Å²) in [6.45, 7) is 6.00. The number of nitrogens with zero attached hydrogens (tertiary/aromatic N) is 1. The summed E-state index contributed by atoms with van der Waals surface area (Å²) in [7, 11) is -1.94. The highest BCUT2D eigenvalue weighted by atomic mass is 32.2. The van der Waals surface area contributed by atoms with Crippen molar-refractivity contribution in [1.29, 1.82) is 0 Å². The van der Waals surface area contributed by atoms with Crippen molar-refractivity contribution in [3.8, 4) is 5.75 Å². The van der Waals surface area contributed by atoms with Crippen LogP contribution in [0.4, 0.5) is 5.69 Å². The largest absolute Gasteiger partial charge is 0.487 e. The fourth-order valence-electron chi connectivity index (χ4n) is 3.38. The number of hydrogen-bond donors (Lipinski definition) is 1. The van der Waals surface area contributed by atoms with Crippen LogP contribution in [0.5, 0.6) is 5.75 Å². The van der Waals surface area contributed by atoms with E-state index in [2.05, 4.69) is 5.32 Å². The van der Waals surface area contributed by atoms with Gasteiger partial charge >= 0.3 is 0 Å². The molecule has 3 rings (SSSR count). The highest BCUT2D eigenvalue weighted by Crippen LogP contribution is 2.40. The summed E-state index contributed by atoms with van der Waals surface area (Å²) in [5.74, 6) is 0.525. The molecule has 1 N–H and O–H groups in total. The molecule has 0 saturated carbocycles. The first kappa shape index (κ1) is 20.2. The standard InChI is InChI=1S/C21H26N2O4S/c1-14-9-10-19-17(11-14)18(13-21(2,3)27-19)22-20(24)15-7-6-8-16(12-15)23(4)28(5,25)26/h6-12,18H,13H2,1-5H3,(H,22,24). The van der Waals surface area contributed by atoms with Crippen LogP contribution >= 0.6 is 0 Å². The molecule has 1 aliphatic heterocycles. The van der Waals surface area contributed by atoms with Gasteiger partial charge < -0.3 is 10.1 Å². The lowest BCUT2D eigenvalue weighted by Gasteiger charge is -2.38. The van der Waals surface area contributed by atoms with Gasteiger partial charge in [0.1, 0.15) is 11.4 Å². The van der Waals surface area contributed by atoms with Gasteiger partial charge in [0.25, 0.3) is 5.91 Å². The monoisotopic (exact) mass is 402 g/mol. The summed E-state index contributed by atoms with van der Waals surface area (Å²) >= 11 is 0. The van der Waals surface area contributed by atoms with E-state index in [-0.39, 0.29) is 11.9 Å². The van der Waals surface area contributed by atoms with E-state index in [9.17, 15) is 13.2 Å². The van der Waals surface area contributed by atoms with Gasteiger partial charge in [0.05, 0.1) is 18.0 Å². The molecule has 2 aromatic rings. The molecule has 2 aromatic carbocycles. The molecular formula is C21H26N2O4S. The molecule has 1 atom stereocenters. The Labute approximate surface area is 166 Å². The molecule has 0 bridgehead atoms. The summed E-state index contributed by atoms with van der Waals surface area (Å²) < 4.78 is 30.8. The van der Waals surface area contributed by atoms with Gasteiger partial charge in [0, 0.05) is 24.6 Å². The number of nitrogens with one attached hydrogen (secondary N) is 1. The van der Waals surface area contributed by atoms with Crippen LogP contribution in [0.2, 0.25) is 0 Å². The Hall–Kier alpha value is -2.54. The van der Waals surface area contributed by atoms with Gasteiger partial charge in [-0.15, -0.1) is 0 Å². The van der Waals surface area contributed by atoms with Gasteiger partial charge in [-0.1, -0.05) is 23.8 Å². The van der Waals surface area contributed by atoms with Crippen LogP contribution in [0.15, 0.2) is 42.5 Å². The molecule has 1 amide bonds. The van der Waals surface area contributed by atoms with Crippen molar-refractivity contribution in [2.45, 2.75) is 38.8 Å². The lowest BCUT2D eigenvalue weighted by molar-refractivity contribution is 0.0619. The third kappa shape index (κ3) is 4.30. The van der Waals surface area contributed by atoms with Crippen molar-refractivity contribution in [3.05, 3.63) is 59.2 Å². The Balaban J connectivity index is 1.89. The SMILES string of the molecule is Cc1ccc2c(c1)C(NC(=O)c1cccc(N(C)S(C)(=O)=O)c1)CC(C)(C)O2. The van der Waals surface area contributed by atoms with Crippen molar-refractivity contribution in [2.24, 2.45) is 0 Å². The number of aryl methyl sites for hydroxylation is 1. The summed E-state index contributed by atoms with van der Waals surface area (Å²) in [5.41, 5.74) is 2.50. The summed E-state index contributed by atoms with van der Waals surface area (Å²) in [6.07, 6.45) is 1.77. The van der Waals surface area contributed by atoms with E-state index in [1.54, 1.807) is 24.3 Å². The Morgan fingerprint density at radius 2 is 1.93 bits per heavy atom. The van der Waals surface area contributed by atoms with E-state index in [1.165, 1.54) is 7.05 Å². The van der Waals surface area contributed by atoms with Crippen molar-refractivity contribution in [2.75, 3.05) is 17.6 Å². The lowest BCUT2D eigenvalue weighted by atomic mass is 9.88. The number of carbonyl (C=O) groups is 1. The molecule has 0 aromatic heterocycles. The normalized spacial score (nSPS) is 18.0. The number of ether oxygens (including phenoxy) is 1. The number of hydrogen-bond acceptors (Lipinski definition) is 4. The molecule has 0 aliphatic carbocycles. The minimum atomic E-state index is -3.40. The maximum atomic E-state index is 12.9. The van der Waals surface area contributed by atoms with Crippen LogP contribution in [-0.2, 0) is 10.0 Å². The average Bonchev–Trinajstić information content (AvgIpc) is 2.60. The van der Waals surface area contributed by atoms with E-state index in [1.807, 2.05) is 39.0 Å². The average molecular weight is 403 g/mol. The molecule has 6 nitrogen and oxygen atoms in total. The zero-order valence-electron chi connectivity index (χ0n) is 16.8. The van der Waals surface area contributed by atoms with Crippen LogP contribution in [0.3, 0.4) is 0 Å². The number of rotatable bonds is 4. The van der Waals surface area contributed by atoms with Crippen LogP contribution in [-0.4, -0.2) is 33.2 Å². The molecule has 28 heavy (non-hydrogen) atoms. The molecule has 1 aliphatic rings. The Morgan fingerprint density at radius 1 is 1.21 bits per heavy atom. The van der Waals surface area contributed by atoms with Gasteiger partial charge in [-0.3, -0.25) is 9.10 Å². The number of fused-ring (bicyclic) bond motifs is 1. The van der Waals surface area contributed by atoms with E-state index < -0.39 is 15.6 Å². The predicted octanol–water partition coefficient (Wildman–Crippen LogP) is 3.42. The second-order valence-corrected chi connectivity index (χ2v) is 9.93. The molecule has 1 heterocycles. The van der Waals surface area contributed by atoms with Gasteiger partial charge in [-0.05, 0) is 45.0 Å². The smallest absolute Gasteiger partial charge is 0.251 e. The summed E-state index contributed by atoms with van der Waals surface area (Å²) in [5, 5.41) is 3.09. The Kier molecular flexibility index (Phi) is 5.14. The molecule has 0 fully saturated rings. The Bertz CT molecular complexity index is 1010. The van der Waals surface area contributed by atoms with Crippen molar-refractivity contribution >= 4 is 21.6 Å². The van der Waals surface area contributed by atoms with E-state index in [4.69, 9.17) is 4.74 Å². The maximum Gasteiger partial charge on any atom is 0.251 e. The number of carbonyl (C=O) groups excluding carboxylic acids is 1. The highest BCUT2D eigenvalue weighted by molar-refractivity contribution is 7.92. The van der Waals surface area contributed by atoms with Crippen LogP contribution in [0.25, 0.3) is 0 Å². The molecule has 0 saturated heterocycles. The number of anilines is 1. The topological polar surface area (TPSA) is 75.7 Å². The zero-order chi connectivity index (χ0) is 20.7. The molecule has 0 spiro atoms. The molecular weight excluding hydrogens is 376 g/mol. The lowest BCUT2D eigenvalue weighted by Crippen LogP contribution is -2.41. The number of benzene rings is 2. The molecule has 7 heteroatoms. The fourth-order valence-corrected chi connectivity index (χ4v) is 3.88. The third-order valence-electron chi connectivity index (χ3n) is 4.90. The first-order valence-electron chi connectivity index (χ1n) is 9.11. The second kappa shape index (κ2) is 7.13. The van der Waals surface area contributed by atoms with E-state index in [0.29, 0.717) is 17.7 Å². The fraction of sp³-hybridized carbons (Fsp3) is 0.381. The second-order valence-electron chi connectivity index (χ2n) is 7.91. The summed E-state index contributed by atoms with van der Waals surface area (Å²) in [4.78, 5) is 12.9. The molecule has 0 radical (unpaired) electrons. The number of amides is 1. The Morgan fingerprint density at radius 3 is 2.61 bits per heavy atom. The van der Waals surface area contributed by atoms with Crippen LogP contribution in [0.1, 0.15) is 47.8 Å². The number of sulfonamides is 1. The van der Waals surface area contributed by atoms with Crippen LogP contribution < -0.4 is 14.4 Å². The van der Waals surface area contributed by atoms with Crippen molar-refractivity contribution in [3.63, 3.8) is 0 Å². The highest BCUT2D eigenvalue weighted by Gasteiger charge is 2.34. The summed E-state index contributed by atoms with van der Waals surface area (Å²) in [6, 6.07) is 12.4. The van der Waals surface area contributed by atoms with Gasteiger partial charge in [-0.25, -0.2) is 8.42 Å². The first-order valence-corrected chi connectivity index (χ1v) is 11.0. The quantitative estimate of drug-likeness (QED) is 0.850. The van der Waals surface area contributed by atoms with Crippen molar-refractivity contribution in [1.82, 2.24) is 5.32 Å². The first-order chi connectivity index (χ1) is 13.0. The van der Waals surface area contributed by atoms with Gasteiger partial charge in [0.2, 0.25) is 10.0 Å². The minimum absolute atomic E-state index is 0.192. The van der Waals surface area contributed by atoms with Crippen molar-refractivity contribution < 1.29 is 17.9 Å². The zero-order valence-corrected chi connectivity index (χ0v) is 17.6. The van der Waals surface area contributed by atoms with E-state index >= 15 is 0 Å². The van der Waals surface area contributed by atoms with Crippen LogP contribution in [0, 0.1) is 6.92 Å². The van der Waals surface area contributed by atoms with Gasteiger partial charge in [0.15, 0.2) is 0 Å². The third-order valence-corrected chi connectivity index (χ3v) is 6.10. The van der Waals surface area contributed by atoms with E-state index in [0.717, 1.165) is 27.4 Å². The predicted molar refractivity (Wildman–Crippen MR) is 110 cm³/mol. The van der Waals surface area contributed by atoms with Gasteiger partial charge in [-0.2, -0.15) is 0 Å². The molecule has 150 valence electrons. The molecule has 1 unspecified atom stereocenters. The maximum absolute atomic E-state index is 12.9.